The lowest BCUT2D eigenvalue weighted by atomic mass is 10.0. The van der Waals surface area contributed by atoms with Crippen LogP contribution in [0.15, 0.2) is 12.1 Å². The van der Waals surface area contributed by atoms with Gasteiger partial charge in [0.1, 0.15) is 0 Å². The summed E-state index contributed by atoms with van der Waals surface area (Å²) >= 11 is 18.2. The van der Waals surface area contributed by atoms with E-state index in [2.05, 4.69) is 6.92 Å². The summed E-state index contributed by atoms with van der Waals surface area (Å²) in [5, 5.41) is 1.82. The number of nitrogens with two attached hydrogens (primary N) is 1. The molecule has 0 saturated heterocycles. The predicted octanol–water partition coefficient (Wildman–Crippen LogP) is 5.10. The van der Waals surface area contributed by atoms with Crippen molar-refractivity contribution < 1.29 is 0 Å². The summed E-state index contributed by atoms with van der Waals surface area (Å²) in [7, 11) is 0. The van der Waals surface area contributed by atoms with Crippen LogP contribution in [-0.4, -0.2) is 6.04 Å². The van der Waals surface area contributed by atoms with Gasteiger partial charge in [-0.3, -0.25) is 0 Å². The molecule has 1 nitrogen and oxygen atoms in total. The number of benzene rings is 1. The van der Waals surface area contributed by atoms with E-state index in [1.807, 2.05) is 0 Å². The van der Waals surface area contributed by atoms with Crippen LogP contribution in [0.3, 0.4) is 0 Å². The third-order valence-electron chi connectivity index (χ3n) is 2.80. The quantitative estimate of drug-likeness (QED) is 0.726. The maximum Gasteiger partial charge on any atom is 0.0639 e. The molecule has 0 spiro atoms. The average Bonchev–Trinajstić information content (AvgIpc) is 2.29. The van der Waals surface area contributed by atoms with Crippen LogP contribution >= 0.6 is 34.8 Å². The second-order valence-electron chi connectivity index (χ2n) is 4.26. The van der Waals surface area contributed by atoms with Gasteiger partial charge in [-0.2, -0.15) is 0 Å². The van der Waals surface area contributed by atoms with Gasteiger partial charge in [0, 0.05) is 11.1 Å². The van der Waals surface area contributed by atoms with Gasteiger partial charge in [-0.1, -0.05) is 48.1 Å². The zero-order valence-electron chi connectivity index (χ0n) is 9.98. The number of hydrogen-bond donors (Lipinski definition) is 1. The van der Waals surface area contributed by atoms with Gasteiger partial charge in [0.05, 0.1) is 10.0 Å². The minimum Gasteiger partial charge on any atom is -0.328 e. The van der Waals surface area contributed by atoms with Crippen LogP contribution < -0.4 is 5.73 Å². The van der Waals surface area contributed by atoms with Crippen LogP contribution in [0.4, 0.5) is 0 Å². The molecular weight excluding hydrogens is 277 g/mol. The van der Waals surface area contributed by atoms with E-state index in [1.165, 1.54) is 0 Å². The summed E-state index contributed by atoms with van der Waals surface area (Å²) in [6.45, 7) is 2.14. The zero-order chi connectivity index (χ0) is 12.8. The highest BCUT2D eigenvalue weighted by Crippen LogP contribution is 2.32. The van der Waals surface area contributed by atoms with Crippen LogP contribution in [0, 0.1) is 0 Å². The Bertz CT molecular complexity index is 366. The molecule has 0 aliphatic rings. The molecule has 0 heterocycles. The van der Waals surface area contributed by atoms with Crippen LogP contribution in [0.1, 0.15) is 38.2 Å². The van der Waals surface area contributed by atoms with Crippen LogP contribution in [0.5, 0.6) is 0 Å². The SMILES string of the molecule is CCCC(N)CCCc1c(Cl)ccc(Cl)c1Cl. The van der Waals surface area contributed by atoms with E-state index in [0.717, 1.165) is 37.7 Å². The second-order valence-corrected chi connectivity index (χ2v) is 5.46. The molecule has 0 aliphatic heterocycles. The van der Waals surface area contributed by atoms with Crippen molar-refractivity contribution in [3.05, 3.63) is 32.8 Å². The maximum absolute atomic E-state index is 6.13. The molecule has 1 aromatic carbocycles. The summed E-state index contributed by atoms with van der Waals surface area (Å²) in [4.78, 5) is 0. The molecule has 1 atom stereocenters. The summed E-state index contributed by atoms with van der Waals surface area (Å²) in [6, 6.07) is 3.78. The van der Waals surface area contributed by atoms with E-state index >= 15 is 0 Å². The molecule has 0 aromatic heterocycles. The van der Waals surface area contributed by atoms with Crippen LogP contribution in [-0.2, 0) is 6.42 Å². The molecule has 1 aromatic rings. The molecule has 17 heavy (non-hydrogen) atoms. The van der Waals surface area contributed by atoms with E-state index < -0.39 is 0 Å². The van der Waals surface area contributed by atoms with E-state index in [0.29, 0.717) is 15.1 Å². The summed E-state index contributed by atoms with van der Waals surface area (Å²) in [5.41, 5.74) is 6.90. The first kappa shape index (κ1) is 15.1. The second kappa shape index (κ2) is 7.48. The lowest BCUT2D eigenvalue weighted by Crippen LogP contribution is -2.19. The standard InChI is InChI=1S/C13H18Cl3N/c1-2-4-9(17)5-3-6-10-11(14)7-8-12(15)13(10)16/h7-9H,2-6,17H2,1H3. The molecule has 2 N–H and O–H groups in total. The molecule has 0 aliphatic carbocycles. The molecule has 0 fully saturated rings. The molecular formula is C13H18Cl3N. The first-order chi connectivity index (χ1) is 8.06. The first-order valence-corrected chi connectivity index (χ1v) is 7.07. The Morgan fingerprint density at radius 2 is 1.76 bits per heavy atom. The lowest BCUT2D eigenvalue weighted by molar-refractivity contribution is 0.539. The van der Waals surface area contributed by atoms with Crippen molar-refractivity contribution in [1.82, 2.24) is 0 Å². The molecule has 1 unspecified atom stereocenters. The minimum absolute atomic E-state index is 0.275. The van der Waals surface area contributed by atoms with Crippen LogP contribution in [0.2, 0.25) is 15.1 Å². The highest BCUT2D eigenvalue weighted by Gasteiger charge is 2.10. The molecule has 0 radical (unpaired) electrons. The fourth-order valence-corrected chi connectivity index (χ4v) is 2.59. The minimum atomic E-state index is 0.275. The third kappa shape index (κ3) is 4.67. The maximum atomic E-state index is 6.13. The first-order valence-electron chi connectivity index (χ1n) is 5.94. The smallest absolute Gasteiger partial charge is 0.0639 e. The van der Waals surface area contributed by atoms with Gasteiger partial charge in [-0.05, 0) is 43.4 Å². The van der Waals surface area contributed by atoms with Gasteiger partial charge in [0.25, 0.3) is 0 Å². The van der Waals surface area contributed by atoms with Crippen molar-refractivity contribution in [2.75, 3.05) is 0 Å². The Morgan fingerprint density at radius 1 is 1.12 bits per heavy atom. The van der Waals surface area contributed by atoms with Crippen LogP contribution in [0.25, 0.3) is 0 Å². The number of hydrogen-bond acceptors (Lipinski definition) is 1. The fourth-order valence-electron chi connectivity index (χ4n) is 1.85. The Balaban J connectivity index is 2.55. The average molecular weight is 295 g/mol. The van der Waals surface area contributed by atoms with Gasteiger partial charge in [-0.25, -0.2) is 0 Å². The summed E-state index contributed by atoms with van der Waals surface area (Å²) < 4.78 is 0. The van der Waals surface area contributed by atoms with Gasteiger partial charge in [0.15, 0.2) is 0 Å². The number of halogens is 3. The normalized spacial score (nSPS) is 12.8. The highest BCUT2D eigenvalue weighted by molar-refractivity contribution is 6.44. The van der Waals surface area contributed by atoms with E-state index in [1.54, 1.807) is 12.1 Å². The molecule has 0 saturated carbocycles. The molecule has 0 amide bonds. The Labute approximate surface area is 118 Å². The molecule has 0 bridgehead atoms. The van der Waals surface area contributed by atoms with Gasteiger partial charge < -0.3 is 5.73 Å². The highest BCUT2D eigenvalue weighted by atomic mass is 35.5. The van der Waals surface area contributed by atoms with Crippen molar-refractivity contribution in [3.8, 4) is 0 Å². The molecule has 96 valence electrons. The van der Waals surface area contributed by atoms with E-state index in [-0.39, 0.29) is 6.04 Å². The lowest BCUT2D eigenvalue weighted by Gasteiger charge is -2.11. The Kier molecular flexibility index (Phi) is 6.65. The van der Waals surface area contributed by atoms with E-state index in [9.17, 15) is 0 Å². The predicted molar refractivity (Wildman–Crippen MR) is 77.3 cm³/mol. The van der Waals surface area contributed by atoms with Crippen molar-refractivity contribution in [2.24, 2.45) is 5.73 Å². The van der Waals surface area contributed by atoms with E-state index in [4.69, 9.17) is 40.5 Å². The Morgan fingerprint density at radius 3 is 2.41 bits per heavy atom. The Hall–Kier alpha value is 0.0500. The van der Waals surface area contributed by atoms with Crippen molar-refractivity contribution in [1.29, 1.82) is 0 Å². The summed E-state index contributed by atoms with van der Waals surface area (Å²) in [5.74, 6) is 0. The van der Waals surface area contributed by atoms with Gasteiger partial charge in [-0.15, -0.1) is 0 Å². The fraction of sp³-hybridized carbons (Fsp3) is 0.538. The topological polar surface area (TPSA) is 26.0 Å². The number of rotatable bonds is 6. The third-order valence-corrected chi connectivity index (χ3v) is 4.00. The zero-order valence-corrected chi connectivity index (χ0v) is 12.2. The largest absolute Gasteiger partial charge is 0.328 e. The monoisotopic (exact) mass is 293 g/mol. The van der Waals surface area contributed by atoms with Crippen molar-refractivity contribution >= 4 is 34.8 Å². The van der Waals surface area contributed by atoms with Crippen molar-refractivity contribution in [3.63, 3.8) is 0 Å². The van der Waals surface area contributed by atoms with Gasteiger partial charge >= 0.3 is 0 Å². The van der Waals surface area contributed by atoms with Gasteiger partial charge in [0.2, 0.25) is 0 Å². The van der Waals surface area contributed by atoms with Crippen molar-refractivity contribution in [2.45, 2.75) is 45.1 Å². The molecule has 1 rings (SSSR count). The molecule has 4 heteroatoms. The summed E-state index contributed by atoms with van der Waals surface area (Å²) in [6.07, 6.45) is 5.00.